The standard InChI is InChI=1S/C16H11Cl2N3OS2/c17-11-6-5-10(7-12(11)18)8-19-21-15(22)9-23-16-20-13-3-1-2-4-14(13)24-16/h1-8H,9H2,(H,21,22)/b19-8-. The Morgan fingerprint density at radius 1 is 1.25 bits per heavy atom. The molecule has 0 aliphatic heterocycles. The van der Waals surface area contributed by atoms with Crippen LogP contribution in [0, 0.1) is 0 Å². The van der Waals surface area contributed by atoms with E-state index >= 15 is 0 Å². The molecule has 3 rings (SSSR count). The highest BCUT2D eigenvalue weighted by molar-refractivity contribution is 8.01. The van der Waals surface area contributed by atoms with E-state index in [1.165, 1.54) is 18.0 Å². The van der Waals surface area contributed by atoms with Crippen molar-refractivity contribution >= 4 is 68.6 Å². The van der Waals surface area contributed by atoms with E-state index in [1.807, 2.05) is 24.3 Å². The normalized spacial score (nSPS) is 11.2. The van der Waals surface area contributed by atoms with Gasteiger partial charge in [-0.05, 0) is 29.8 Å². The predicted molar refractivity (Wildman–Crippen MR) is 103 cm³/mol. The van der Waals surface area contributed by atoms with Crippen molar-refractivity contribution in [3.05, 3.63) is 58.1 Å². The Kier molecular flexibility index (Phi) is 5.73. The maximum absolute atomic E-state index is 11.8. The molecule has 2 aromatic carbocycles. The summed E-state index contributed by atoms with van der Waals surface area (Å²) >= 11 is 14.7. The highest BCUT2D eigenvalue weighted by atomic mass is 35.5. The molecule has 0 aliphatic rings. The van der Waals surface area contributed by atoms with Crippen molar-refractivity contribution in [3.63, 3.8) is 0 Å². The second kappa shape index (κ2) is 7.98. The molecule has 1 amide bonds. The third-order valence-corrected chi connectivity index (χ3v) is 5.87. The molecule has 3 aromatic rings. The first-order valence-electron chi connectivity index (χ1n) is 6.87. The molecule has 0 aliphatic carbocycles. The van der Waals surface area contributed by atoms with Crippen LogP contribution in [0.15, 0.2) is 51.9 Å². The number of thioether (sulfide) groups is 1. The van der Waals surface area contributed by atoms with Gasteiger partial charge < -0.3 is 0 Å². The van der Waals surface area contributed by atoms with Crippen molar-refractivity contribution in [2.24, 2.45) is 5.10 Å². The smallest absolute Gasteiger partial charge is 0.250 e. The number of nitrogens with one attached hydrogen (secondary N) is 1. The van der Waals surface area contributed by atoms with E-state index in [2.05, 4.69) is 15.5 Å². The minimum atomic E-state index is -0.199. The zero-order valence-corrected chi connectivity index (χ0v) is 15.3. The van der Waals surface area contributed by atoms with Crippen LogP contribution in [0.4, 0.5) is 0 Å². The maximum Gasteiger partial charge on any atom is 0.250 e. The first-order chi connectivity index (χ1) is 11.6. The second-order valence-corrected chi connectivity index (χ2v) is 7.77. The van der Waals surface area contributed by atoms with Crippen molar-refractivity contribution in [3.8, 4) is 0 Å². The fourth-order valence-electron chi connectivity index (χ4n) is 1.84. The Bertz CT molecular complexity index is 878. The van der Waals surface area contributed by atoms with Gasteiger partial charge in [0.1, 0.15) is 0 Å². The number of amides is 1. The molecule has 0 bridgehead atoms. The van der Waals surface area contributed by atoms with Crippen molar-refractivity contribution in [1.82, 2.24) is 10.4 Å². The number of aromatic nitrogens is 1. The summed E-state index contributed by atoms with van der Waals surface area (Å²) in [5, 5.41) is 4.83. The topological polar surface area (TPSA) is 54.4 Å². The Hall–Kier alpha value is -1.60. The Labute approximate surface area is 156 Å². The summed E-state index contributed by atoms with van der Waals surface area (Å²) in [5.41, 5.74) is 4.18. The van der Waals surface area contributed by atoms with E-state index in [-0.39, 0.29) is 11.7 Å². The number of hydrazone groups is 1. The van der Waals surface area contributed by atoms with Crippen LogP contribution in [-0.2, 0) is 4.79 Å². The number of carbonyl (C=O) groups excluding carboxylic acids is 1. The number of hydrogen-bond acceptors (Lipinski definition) is 5. The number of carbonyl (C=O) groups is 1. The van der Waals surface area contributed by atoms with Gasteiger partial charge in [0.05, 0.1) is 32.2 Å². The van der Waals surface area contributed by atoms with Gasteiger partial charge in [0.15, 0.2) is 4.34 Å². The van der Waals surface area contributed by atoms with Gasteiger partial charge in [0, 0.05) is 0 Å². The maximum atomic E-state index is 11.8. The minimum Gasteiger partial charge on any atom is -0.272 e. The number of benzene rings is 2. The molecule has 0 atom stereocenters. The van der Waals surface area contributed by atoms with Crippen LogP contribution in [0.2, 0.25) is 10.0 Å². The van der Waals surface area contributed by atoms with Crippen LogP contribution in [0.1, 0.15) is 5.56 Å². The van der Waals surface area contributed by atoms with Crippen molar-refractivity contribution in [1.29, 1.82) is 0 Å². The lowest BCUT2D eigenvalue weighted by Gasteiger charge is -1.99. The van der Waals surface area contributed by atoms with Gasteiger partial charge in [-0.25, -0.2) is 10.4 Å². The molecule has 4 nitrogen and oxygen atoms in total. The summed E-state index contributed by atoms with van der Waals surface area (Å²) in [6.07, 6.45) is 1.52. The van der Waals surface area contributed by atoms with Crippen LogP contribution < -0.4 is 5.43 Å². The molecule has 0 saturated heterocycles. The summed E-state index contributed by atoms with van der Waals surface area (Å²) < 4.78 is 1.97. The molecule has 0 radical (unpaired) electrons. The number of nitrogens with zero attached hydrogens (tertiary/aromatic N) is 2. The summed E-state index contributed by atoms with van der Waals surface area (Å²) in [6, 6.07) is 13.0. The summed E-state index contributed by atoms with van der Waals surface area (Å²) in [5.74, 6) is 0.0500. The molecule has 0 spiro atoms. The Morgan fingerprint density at radius 3 is 2.88 bits per heavy atom. The van der Waals surface area contributed by atoms with Gasteiger partial charge in [-0.3, -0.25) is 4.79 Å². The van der Waals surface area contributed by atoms with Crippen LogP contribution in [0.25, 0.3) is 10.2 Å². The molecule has 24 heavy (non-hydrogen) atoms. The lowest BCUT2D eigenvalue weighted by atomic mass is 10.2. The summed E-state index contributed by atoms with van der Waals surface area (Å²) in [6.45, 7) is 0. The van der Waals surface area contributed by atoms with E-state index in [0.29, 0.717) is 10.0 Å². The van der Waals surface area contributed by atoms with E-state index < -0.39 is 0 Å². The highest BCUT2D eigenvalue weighted by Crippen LogP contribution is 2.29. The zero-order chi connectivity index (χ0) is 16.9. The molecule has 0 unspecified atom stereocenters. The quantitative estimate of drug-likeness (QED) is 0.381. The third-order valence-electron chi connectivity index (χ3n) is 2.95. The van der Waals surface area contributed by atoms with E-state index in [1.54, 1.807) is 29.5 Å². The summed E-state index contributed by atoms with van der Waals surface area (Å²) in [7, 11) is 0. The number of thiazole rings is 1. The number of para-hydroxylation sites is 1. The van der Waals surface area contributed by atoms with Gasteiger partial charge in [-0.1, -0.05) is 53.2 Å². The second-order valence-electron chi connectivity index (χ2n) is 4.70. The zero-order valence-electron chi connectivity index (χ0n) is 12.2. The number of hydrogen-bond donors (Lipinski definition) is 1. The monoisotopic (exact) mass is 395 g/mol. The molecule has 8 heteroatoms. The largest absolute Gasteiger partial charge is 0.272 e. The van der Waals surface area contributed by atoms with Gasteiger partial charge in [0.25, 0.3) is 5.91 Å². The average Bonchev–Trinajstić information content (AvgIpc) is 2.99. The van der Waals surface area contributed by atoms with E-state index in [0.717, 1.165) is 20.1 Å². The number of halogens is 2. The number of rotatable bonds is 5. The van der Waals surface area contributed by atoms with E-state index in [4.69, 9.17) is 23.2 Å². The Morgan fingerprint density at radius 2 is 2.08 bits per heavy atom. The SMILES string of the molecule is O=C(CSc1nc2ccccc2s1)N/N=C\c1ccc(Cl)c(Cl)c1. The molecule has 122 valence electrons. The van der Waals surface area contributed by atoms with Gasteiger partial charge in [-0.15, -0.1) is 11.3 Å². The Balaban J connectivity index is 1.51. The van der Waals surface area contributed by atoms with Crippen LogP contribution in [-0.4, -0.2) is 22.9 Å². The van der Waals surface area contributed by atoms with E-state index in [9.17, 15) is 4.79 Å². The van der Waals surface area contributed by atoms with Gasteiger partial charge in [0.2, 0.25) is 0 Å². The highest BCUT2D eigenvalue weighted by Gasteiger charge is 2.07. The fourth-order valence-corrected chi connectivity index (χ4v) is 4.01. The van der Waals surface area contributed by atoms with Crippen LogP contribution in [0.5, 0.6) is 0 Å². The molecule has 1 N–H and O–H groups in total. The molecular weight excluding hydrogens is 385 g/mol. The first kappa shape index (κ1) is 17.2. The molecular formula is C16H11Cl2N3OS2. The minimum absolute atomic E-state index is 0.199. The lowest BCUT2D eigenvalue weighted by Crippen LogP contribution is -2.19. The molecule has 0 fully saturated rings. The summed E-state index contributed by atoms with van der Waals surface area (Å²) in [4.78, 5) is 16.3. The molecule has 0 saturated carbocycles. The van der Waals surface area contributed by atoms with Gasteiger partial charge in [-0.2, -0.15) is 5.10 Å². The molecule has 1 aromatic heterocycles. The lowest BCUT2D eigenvalue weighted by molar-refractivity contribution is -0.118. The van der Waals surface area contributed by atoms with Gasteiger partial charge >= 0.3 is 0 Å². The fraction of sp³-hybridized carbons (Fsp3) is 0.0625. The average molecular weight is 396 g/mol. The number of fused-ring (bicyclic) bond motifs is 1. The third kappa shape index (κ3) is 4.48. The van der Waals surface area contributed by atoms with Crippen LogP contribution >= 0.6 is 46.3 Å². The van der Waals surface area contributed by atoms with Crippen LogP contribution in [0.3, 0.4) is 0 Å². The first-order valence-corrected chi connectivity index (χ1v) is 9.43. The molecule has 1 heterocycles. The van der Waals surface area contributed by atoms with Crippen molar-refractivity contribution in [2.45, 2.75) is 4.34 Å². The van der Waals surface area contributed by atoms with Crippen molar-refractivity contribution < 1.29 is 4.79 Å². The van der Waals surface area contributed by atoms with Crippen molar-refractivity contribution in [2.75, 3.05) is 5.75 Å². The predicted octanol–water partition coefficient (Wildman–Crippen LogP) is 4.85.